The molecule has 0 aromatic heterocycles. The van der Waals surface area contributed by atoms with Crippen LogP contribution < -0.4 is 10.6 Å². The zero-order valence-corrected chi connectivity index (χ0v) is 17.9. The maximum atomic E-state index is 3.62. The molecule has 0 saturated carbocycles. The predicted molar refractivity (Wildman–Crippen MR) is 123 cm³/mol. The van der Waals surface area contributed by atoms with Crippen LogP contribution in [0.1, 0.15) is 52.7 Å². The van der Waals surface area contributed by atoms with Crippen molar-refractivity contribution in [1.29, 1.82) is 0 Å². The minimum atomic E-state index is 0.0679. The molecule has 0 amide bonds. The highest BCUT2D eigenvalue weighted by Crippen LogP contribution is 2.35. The zero-order chi connectivity index (χ0) is 20.4. The molecule has 28 heavy (non-hydrogen) atoms. The van der Waals surface area contributed by atoms with Crippen molar-refractivity contribution in [2.45, 2.75) is 52.4 Å². The average Bonchev–Trinajstić information content (AvgIpc) is 2.63. The molecule has 0 atom stereocenters. The standard InChI is InChI=1S/C26H32N2/c1-25(2,3)19-12-17-24(23(18-19)26(4,5)6)28-22-15-13-21(14-16-22)27-20-10-8-7-9-11-20/h7-18,27-28H,1-6H3. The second-order valence-corrected chi connectivity index (χ2v) is 9.45. The van der Waals surface area contributed by atoms with Crippen LogP contribution >= 0.6 is 0 Å². The third kappa shape index (κ3) is 4.95. The van der Waals surface area contributed by atoms with Crippen LogP contribution in [-0.4, -0.2) is 0 Å². The lowest BCUT2D eigenvalue weighted by atomic mass is 9.80. The monoisotopic (exact) mass is 372 g/mol. The maximum absolute atomic E-state index is 3.62. The quantitative estimate of drug-likeness (QED) is 0.489. The summed E-state index contributed by atoms with van der Waals surface area (Å²) in [5.74, 6) is 0. The van der Waals surface area contributed by atoms with E-state index >= 15 is 0 Å². The van der Waals surface area contributed by atoms with E-state index in [4.69, 9.17) is 0 Å². The van der Waals surface area contributed by atoms with Crippen molar-refractivity contribution in [3.8, 4) is 0 Å². The van der Waals surface area contributed by atoms with E-state index in [1.165, 1.54) is 16.8 Å². The maximum Gasteiger partial charge on any atom is 0.0422 e. The van der Waals surface area contributed by atoms with Crippen LogP contribution in [0, 0.1) is 0 Å². The molecule has 0 aliphatic carbocycles. The van der Waals surface area contributed by atoms with Crippen LogP contribution in [0.15, 0.2) is 72.8 Å². The van der Waals surface area contributed by atoms with Gasteiger partial charge in [-0.05, 0) is 64.4 Å². The number of nitrogens with one attached hydrogen (secondary N) is 2. The summed E-state index contributed by atoms with van der Waals surface area (Å²) in [6.45, 7) is 13.6. The van der Waals surface area contributed by atoms with E-state index in [1.807, 2.05) is 18.2 Å². The highest BCUT2D eigenvalue weighted by molar-refractivity contribution is 5.68. The van der Waals surface area contributed by atoms with Crippen molar-refractivity contribution in [3.05, 3.63) is 83.9 Å². The van der Waals surface area contributed by atoms with Gasteiger partial charge in [0.05, 0.1) is 0 Å². The molecule has 3 aromatic rings. The molecule has 0 aliphatic rings. The number of hydrogen-bond acceptors (Lipinski definition) is 2. The van der Waals surface area contributed by atoms with Gasteiger partial charge in [-0.1, -0.05) is 71.9 Å². The SMILES string of the molecule is CC(C)(C)c1ccc(Nc2ccc(Nc3ccccc3)cc2)c(C(C)(C)C)c1. The molecule has 0 spiro atoms. The molecule has 2 heteroatoms. The minimum absolute atomic E-state index is 0.0679. The fourth-order valence-electron chi connectivity index (χ4n) is 3.22. The van der Waals surface area contributed by atoms with Crippen molar-refractivity contribution < 1.29 is 0 Å². The Morgan fingerprint density at radius 1 is 0.536 bits per heavy atom. The predicted octanol–water partition coefficient (Wildman–Crippen LogP) is 7.77. The van der Waals surface area contributed by atoms with E-state index in [-0.39, 0.29) is 10.8 Å². The molecule has 0 aliphatic heterocycles. The van der Waals surface area contributed by atoms with Crippen LogP contribution in [0.3, 0.4) is 0 Å². The van der Waals surface area contributed by atoms with Crippen LogP contribution in [0.5, 0.6) is 0 Å². The number of benzene rings is 3. The van der Waals surface area contributed by atoms with Crippen LogP contribution in [-0.2, 0) is 10.8 Å². The normalized spacial score (nSPS) is 11.9. The van der Waals surface area contributed by atoms with E-state index in [2.05, 4.69) is 107 Å². The van der Waals surface area contributed by atoms with Crippen molar-refractivity contribution in [3.63, 3.8) is 0 Å². The summed E-state index contributed by atoms with van der Waals surface area (Å²) in [6, 6.07) is 25.5. The smallest absolute Gasteiger partial charge is 0.0422 e. The van der Waals surface area contributed by atoms with Gasteiger partial charge in [0.2, 0.25) is 0 Å². The second kappa shape index (κ2) is 7.71. The molecule has 0 unspecified atom stereocenters. The largest absolute Gasteiger partial charge is 0.356 e. The molecule has 2 nitrogen and oxygen atoms in total. The molecule has 146 valence electrons. The third-order valence-corrected chi connectivity index (χ3v) is 4.92. The summed E-state index contributed by atoms with van der Waals surface area (Å²) in [5, 5.41) is 7.05. The van der Waals surface area contributed by atoms with Gasteiger partial charge in [-0.2, -0.15) is 0 Å². The molecular formula is C26H32N2. The fraction of sp³-hybridized carbons (Fsp3) is 0.308. The Labute approximate surface area is 170 Å². The summed E-state index contributed by atoms with van der Waals surface area (Å²) in [5.41, 5.74) is 7.35. The molecular weight excluding hydrogens is 340 g/mol. The van der Waals surface area contributed by atoms with Crippen LogP contribution in [0.25, 0.3) is 0 Å². The fourth-order valence-corrected chi connectivity index (χ4v) is 3.22. The topological polar surface area (TPSA) is 24.1 Å². The molecule has 3 aromatic carbocycles. The summed E-state index contributed by atoms with van der Waals surface area (Å²) < 4.78 is 0. The van der Waals surface area contributed by atoms with E-state index in [0.717, 1.165) is 17.1 Å². The van der Waals surface area contributed by atoms with Gasteiger partial charge >= 0.3 is 0 Å². The van der Waals surface area contributed by atoms with Gasteiger partial charge in [-0.15, -0.1) is 0 Å². The number of para-hydroxylation sites is 1. The first-order valence-electron chi connectivity index (χ1n) is 9.97. The first-order valence-corrected chi connectivity index (χ1v) is 9.97. The lowest BCUT2D eigenvalue weighted by Gasteiger charge is -2.28. The van der Waals surface area contributed by atoms with Crippen LogP contribution in [0.2, 0.25) is 0 Å². The number of hydrogen-bond donors (Lipinski definition) is 2. The van der Waals surface area contributed by atoms with E-state index in [9.17, 15) is 0 Å². The van der Waals surface area contributed by atoms with Gasteiger partial charge < -0.3 is 10.6 Å². The van der Waals surface area contributed by atoms with Crippen molar-refractivity contribution in [2.75, 3.05) is 10.6 Å². The van der Waals surface area contributed by atoms with Crippen molar-refractivity contribution in [1.82, 2.24) is 0 Å². The van der Waals surface area contributed by atoms with Crippen LogP contribution in [0.4, 0.5) is 22.7 Å². The van der Waals surface area contributed by atoms with E-state index in [0.29, 0.717) is 0 Å². The minimum Gasteiger partial charge on any atom is -0.356 e. The van der Waals surface area contributed by atoms with Gasteiger partial charge in [0.25, 0.3) is 0 Å². The molecule has 0 heterocycles. The first kappa shape index (κ1) is 20.0. The van der Waals surface area contributed by atoms with Gasteiger partial charge in [0.15, 0.2) is 0 Å². The molecule has 3 rings (SSSR count). The third-order valence-electron chi connectivity index (χ3n) is 4.92. The zero-order valence-electron chi connectivity index (χ0n) is 17.9. The highest BCUT2D eigenvalue weighted by Gasteiger charge is 2.22. The lowest BCUT2D eigenvalue weighted by Crippen LogP contribution is -2.17. The van der Waals surface area contributed by atoms with Crippen molar-refractivity contribution in [2.24, 2.45) is 0 Å². The van der Waals surface area contributed by atoms with E-state index in [1.54, 1.807) is 0 Å². The summed E-state index contributed by atoms with van der Waals surface area (Å²) in [4.78, 5) is 0. The Morgan fingerprint density at radius 2 is 1.07 bits per heavy atom. The van der Waals surface area contributed by atoms with Gasteiger partial charge in [0.1, 0.15) is 0 Å². The Morgan fingerprint density at radius 3 is 1.61 bits per heavy atom. The van der Waals surface area contributed by atoms with Crippen molar-refractivity contribution >= 4 is 22.7 Å². The Hall–Kier alpha value is -2.74. The molecule has 0 radical (unpaired) electrons. The van der Waals surface area contributed by atoms with Gasteiger partial charge in [-0.3, -0.25) is 0 Å². The Bertz CT molecular complexity index is 911. The summed E-state index contributed by atoms with van der Waals surface area (Å²) in [6.07, 6.45) is 0. The first-order chi connectivity index (χ1) is 13.1. The lowest BCUT2D eigenvalue weighted by molar-refractivity contribution is 0.570. The molecule has 0 saturated heterocycles. The highest BCUT2D eigenvalue weighted by atomic mass is 14.9. The van der Waals surface area contributed by atoms with Gasteiger partial charge in [0, 0.05) is 22.7 Å². The summed E-state index contributed by atoms with van der Waals surface area (Å²) >= 11 is 0. The molecule has 0 bridgehead atoms. The number of rotatable bonds is 4. The number of anilines is 4. The molecule has 0 fully saturated rings. The Kier molecular flexibility index (Phi) is 5.51. The van der Waals surface area contributed by atoms with E-state index < -0.39 is 0 Å². The Balaban J connectivity index is 1.83. The van der Waals surface area contributed by atoms with Gasteiger partial charge in [-0.25, -0.2) is 0 Å². The molecule has 2 N–H and O–H groups in total. The average molecular weight is 373 g/mol. The second-order valence-electron chi connectivity index (χ2n) is 9.45. The summed E-state index contributed by atoms with van der Waals surface area (Å²) in [7, 11) is 0.